The van der Waals surface area contributed by atoms with Crippen molar-refractivity contribution in [1.82, 2.24) is 4.90 Å². The molecule has 1 aromatic rings. The molecule has 1 saturated heterocycles. The molecule has 1 heterocycles. The van der Waals surface area contributed by atoms with Crippen LogP contribution in [-0.4, -0.2) is 47.8 Å². The van der Waals surface area contributed by atoms with Crippen LogP contribution in [0.5, 0.6) is 5.75 Å². The fraction of sp³-hybridized carbons (Fsp3) is 0.524. The highest BCUT2D eigenvalue weighted by molar-refractivity contribution is 6.08. The number of ether oxygens (including phenoxy) is 2. The number of nitrogens with one attached hydrogen (secondary N) is 1. The number of imide groups is 1. The van der Waals surface area contributed by atoms with Crippen molar-refractivity contribution in [2.45, 2.75) is 45.6 Å². The van der Waals surface area contributed by atoms with Gasteiger partial charge in [-0.15, -0.1) is 0 Å². The van der Waals surface area contributed by atoms with Crippen molar-refractivity contribution in [1.29, 1.82) is 0 Å². The Hall–Kier alpha value is -2.90. The minimum Gasteiger partial charge on any atom is -0.494 e. The number of benzene rings is 1. The molecule has 8 heteroatoms. The van der Waals surface area contributed by atoms with Gasteiger partial charge in [-0.2, -0.15) is 0 Å². The lowest BCUT2D eigenvalue weighted by molar-refractivity contribution is -0.159. The SMILES string of the molecule is CCOc1ccc(NC(=O)COC(=O)[C@H](C)N2C(=O)[C@H]3CCCC[C@H]3C2=O)cc1. The van der Waals surface area contributed by atoms with Gasteiger partial charge in [0.1, 0.15) is 11.8 Å². The van der Waals surface area contributed by atoms with Crippen LogP contribution in [0.3, 0.4) is 0 Å². The Morgan fingerprint density at radius 3 is 2.24 bits per heavy atom. The summed E-state index contributed by atoms with van der Waals surface area (Å²) in [5.74, 6) is -1.85. The maximum absolute atomic E-state index is 12.6. The summed E-state index contributed by atoms with van der Waals surface area (Å²) >= 11 is 0. The van der Waals surface area contributed by atoms with Crippen molar-refractivity contribution >= 4 is 29.4 Å². The van der Waals surface area contributed by atoms with Crippen molar-refractivity contribution in [3.63, 3.8) is 0 Å². The monoisotopic (exact) mass is 402 g/mol. The van der Waals surface area contributed by atoms with E-state index in [4.69, 9.17) is 9.47 Å². The average Bonchev–Trinajstić information content (AvgIpc) is 2.98. The molecule has 0 aromatic heterocycles. The molecule has 3 rings (SSSR count). The van der Waals surface area contributed by atoms with Crippen molar-refractivity contribution in [2.75, 3.05) is 18.5 Å². The molecular formula is C21H26N2O6. The number of nitrogens with zero attached hydrogens (tertiary/aromatic N) is 1. The van der Waals surface area contributed by atoms with Gasteiger partial charge in [0.2, 0.25) is 11.8 Å². The number of carbonyl (C=O) groups is 4. The molecule has 3 amide bonds. The molecule has 1 N–H and O–H groups in total. The molecular weight excluding hydrogens is 376 g/mol. The normalized spacial score (nSPS) is 22.1. The molecule has 3 atom stereocenters. The summed E-state index contributed by atoms with van der Waals surface area (Å²) < 4.78 is 10.4. The number of amides is 3. The van der Waals surface area contributed by atoms with Gasteiger partial charge in [-0.05, 0) is 51.0 Å². The molecule has 0 bridgehead atoms. The van der Waals surface area contributed by atoms with E-state index in [1.807, 2.05) is 6.92 Å². The lowest BCUT2D eigenvalue weighted by Crippen LogP contribution is -2.45. The quantitative estimate of drug-likeness (QED) is 0.554. The third kappa shape index (κ3) is 4.58. The molecule has 2 aliphatic rings. The maximum atomic E-state index is 12.6. The predicted octanol–water partition coefficient (Wildman–Crippen LogP) is 2.13. The summed E-state index contributed by atoms with van der Waals surface area (Å²) in [7, 11) is 0. The Bertz CT molecular complexity index is 767. The van der Waals surface area contributed by atoms with Gasteiger partial charge in [-0.3, -0.25) is 19.3 Å². The van der Waals surface area contributed by atoms with Crippen LogP contribution in [0.4, 0.5) is 5.69 Å². The van der Waals surface area contributed by atoms with E-state index in [9.17, 15) is 19.2 Å². The zero-order chi connectivity index (χ0) is 21.0. The Morgan fingerprint density at radius 2 is 1.69 bits per heavy atom. The number of fused-ring (bicyclic) bond motifs is 1. The summed E-state index contributed by atoms with van der Waals surface area (Å²) in [4.78, 5) is 50.5. The highest BCUT2D eigenvalue weighted by Crippen LogP contribution is 2.38. The number of anilines is 1. The first kappa shape index (κ1) is 20.8. The molecule has 29 heavy (non-hydrogen) atoms. The standard InChI is InChI=1S/C21H26N2O6/c1-3-28-15-10-8-14(9-11-15)22-18(24)12-29-21(27)13(2)23-19(25)16-6-4-5-7-17(16)20(23)26/h8-11,13,16-17H,3-7,12H2,1-2H3,(H,22,24)/t13-,16-,17+/m0/s1. The number of hydrogen-bond donors (Lipinski definition) is 1. The molecule has 1 aromatic carbocycles. The largest absolute Gasteiger partial charge is 0.494 e. The van der Waals surface area contributed by atoms with E-state index in [1.165, 1.54) is 6.92 Å². The van der Waals surface area contributed by atoms with Crippen LogP contribution in [-0.2, 0) is 23.9 Å². The maximum Gasteiger partial charge on any atom is 0.329 e. The van der Waals surface area contributed by atoms with Gasteiger partial charge in [0.25, 0.3) is 5.91 Å². The van der Waals surface area contributed by atoms with Gasteiger partial charge in [0.05, 0.1) is 18.4 Å². The molecule has 1 aliphatic carbocycles. The summed E-state index contributed by atoms with van der Waals surface area (Å²) in [6.07, 6.45) is 3.19. The highest BCUT2D eigenvalue weighted by Gasteiger charge is 2.51. The molecule has 0 unspecified atom stereocenters. The predicted molar refractivity (Wildman–Crippen MR) is 104 cm³/mol. The van der Waals surface area contributed by atoms with Gasteiger partial charge in [-0.1, -0.05) is 12.8 Å². The van der Waals surface area contributed by atoms with E-state index in [2.05, 4.69) is 5.32 Å². The smallest absolute Gasteiger partial charge is 0.329 e. The molecule has 8 nitrogen and oxygen atoms in total. The molecule has 2 fully saturated rings. The van der Waals surface area contributed by atoms with E-state index < -0.39 is 24.5 Å². The number of hydrogen-bond acceptors (Lipinski definition) is 6. The number of rotatable bonds is 7. The highest BCUT2D eigenvalue weighted by atomic mass is 16.5. The minimum atomic E-state index is -1.04. The van der Waals surface area contributed by atoms with E-state index in [-0.39, 0.29) is 23.7 Å². The lowest BCUT2D eigenvalue weighted by Gasteiger charge is -2.21. The van der Waals surface area contributed by atoms with Crippen LogP contribution in [0.1, 0.15) is 39.5 Å². The van der Waals surface area contributed by atoms with E-state index in [0.717, 1.165) is 17.7 Å². The van der Waals surface area contributed by atoms with Crippen LogP contribution in [0.25, 0.3) is 0 Å². The van der Waals surface area contributed by atoms with E-state index in [0.29, 0.717) is 30.9 Å². The molecule has 1 saturated carbocycles. The Labute approximate surface area is 169 Å². The first-order valence-corrected chi connectivity index (χ1v) is 9.98. The summed E-state index contributed by atoms with van der Waals surface area (Å²) in [5.41, 5.74) is 0.538. The van der Waals surface area contributed by atoms with Crippen LogP contribution in [0.2, 0.25) is 0 Å². The second kappa shape index (κ2) is 9.07. The van der Waals surface area contributed by atoms with Gasteiger partial charge >= 0.3 is 5.97 Å². The van der Waals surface area contributed by atoms with Gasteiger partial charge in [0, 0.05) is 5.69 Å². The molecule has 1 aliphatic heterocycles. The fourth-order valence-electron chi connectivity index (χ4n) is 3.93. The summed E-state index contributed by atoms with van der Waals surface area (Å²) in [6, 6.07) is 5.75. The third-order valence-electron chi connectivity index (χ3n) is 5.40. The lowest BCUT2D eigenvalue weighted by atomic mass is 9.81. The second-order valence-electron chi connectivity index (χ2n) is 7.33. The number of esters is 1. The minimum absolute atomic E-state index is 0.303. The van der Waals surface area contributed by atoms with Crippen LogP contribution < -0.4 is 10.1 Å². The molecule has 156 valence electrons. The van der Waals surface area contributed by atoms with Gasteiger partial charge in [0.15, 0.2) is 6.61 Å². The van der Waals surface area contributed by atoms with Crippen molar-refractivity contribution in [3.8, 4) is 5.75 Å². The molecule has 0 radical (unpaired) electrons. The van der Waals surface area contributed by atoms with E-state index >= 15 is 0 Å². The molecule has 0 spiro atoms. The average molecular weight is 402 g/mol. The number of carbonyl (C=O) groups excluding carboxylic acids is 4. The zero-order valence-electron chi connectivity index (χ0n) is 16.7. The first-order valence-electron chi connectivity index (χ1n) is 9.98. The second-order valence-corrected chi connectivity index (χ2v) is 7.33. The van der Waals surface area contributed by atoms with Crippen molar-refractivity contribution < 1.29 is 28.7 Å². The summed E-state index contributed by atoms with van der Waals surface area (Å²) in [5, 5.41) is 2.61. The van der Waals surface area contributed by atoms with E-state index in [1.54, 1.807) is 24.3 Å². The Kier molecular flexibility index (Phi) is 6.51. The van der Waals surface area contributed by atoms with Crippen LogP contribution in [0.15, 0.2) is 24.3 Å². The topological polar surface area (TPSA) is 102 Å². The first-order chi connectivity index (χ1) is 13.9. The van der Waals surface area contributed by atoms with Crippen molar-refractivity contribution in [3.05, 3.63) is 24.3 Å². The van der Waals surface area contributed by atoms with Crippen LogP contribution >= 0.6 is 0 Å². The Balaban J connectivity index is 1.51. The summed E-state index contributed by atoms with van der Waals surface area (Å²) in [6.45, 7) is 3.38. The third-order valence-corrected chi connectivity index (χ3v) is 5.40. The Morgan fingerprint density at radius 1 is 1.10 bits per heavy atom. The van der Waals surface area contributed by atoms with Crippen molar-refractivity contribution in [2.24, 2.45) is 11.8 Å². The van der Waals surface area contributed by atoms with Crippen LogP contribution in [0, 0.1) is 11.8 Å². The van der Waals surface area contributed by atoms with Gasteiger partial charge in [-0.25, -0.2) is 4.79 Å². The fourth-order valence-corrected chi connectivity index (χ4v) is 3.93. The number of likely N-dealkylation sites (tertiary alicyclic amines) is 1. The zero-order valence-corrected chi connectivity index (χ0v) is 16.7. The van der Waals surface area contributed by atoms with Gasteiger partial charge < -0.3 is 14.8 Å².